The van der Waals surface area contributed by atoms with Crippen LogP contribution in [0.5, 0.6) is 0 Å². The van der Waals surface area contributed by atoms with Gasteiger partial charge in [-0.3, -0.25) is 0 Å². The Balaban J connectivity index is 0.000000250. The molecule has 0 aliphatic rings. The predicted molar refractivity (Wildman–Crippen MR) is 188 cm³/mol. The molecule has 3 heterocycles. The van der Waals surface area contributed by atoms with Gasteiger partial charge in [-0.2, -0.15) is 16.7 Å². The molecule has 5 heteroatoms. The van der Waals surface area contributed by atoms with Crippen molar-refractivity contribution < 1.29 is 29.1 Å². The minimum Gasteiger partial charge on any atom is -0.511 e. The maximum atomic E-state index is 6.36. The molecule has 8 rings (SSSR count). The summed E-state index contributed by atoms with van der Waals surface area (Å²) in [7, 11) is 0. The number of furan rings is 1. The van der Waals surface area contributed by atoms with Gasteiger partial charge in [-0.15, -0.1) is 42.0 Å². The summed E-state index contributed by atoms with van der Waals surface area (Å²) < 4.78 is 10.9. The monoisotopic (exact) mass is 791 g/mol. The van der Waals surface area contributed by atoms with Crippen LogP contribution in [0.4, 0.5) is 0 Å². The Hall–Kier alpha value is -4.83. The summed E-state index contributed by atoms with van der Waals surface area (Å²) in [6, 6.07) is 47.9. The SMILES string of the molecule is CC(C)c1cccc(C(C)C)c1-[n+]1cn(-c2[c-]ccc3c2oc2ccccc23)c2ccccc21.[Ir].[c-]1ccccc1-c1ccccn1. The standard InChI is InChI=1S/C31H28N2O.C11H8N.Ir/c1-20(2)22-12-9-13-23(21(3)4)30(22)33-19-32(26-15-6-7-16-27(26)33)28-17-10-14-25-24-11-5-8-18-29(24)34-31(25)28;1-2-6-10(7-3-1)11-8-4-5-9-12-11;/h5-16,18-21H,1-4H3;1-6,8-9H;/q;-1;. The molecule has 0 saturated heterocycles. The molecule has 4 nitrogen and oxygen atoms in total. The Labute approximate surface area is 289 Å². The topological polar surface area (TPSA) is 34.8 Å². The molecule has 47 heavy (non-hydrogen) atoms. The van der Waals surface area contributed by atoms with Crippen molar-refractivity contribution in [1.82, 2.24) is 9.55 Å². The van der Waals surface area contributed by atoms with Crippen molar-refractivity contribution >= 4 is 33.0 Å². The van der Waals surface area contributed by atoms with Crippen molar-refractivity contribution in [2.45, 2.75) is 39.5 Å². The molecule has 8 aromatic rings. The van der Waals surface area contributed by atoms with Crippen LogP contribution in [-0.2, 0) is 20.1 Å². The summed E-state index contributed by atoms with van der Waals surface area (Å²) >= 11 is 0. The van der Waals surface area contributed by atoms with Gasteiger partial charge in [0.25, 0.3) is 6.33 Å². The van der Waals surface area contributed by atoms with Crippen molar-refractivity contribution in [2.75, 3.05) is 0 Å². The molecule has 235 valence electrons. The minimum atomic E-state index is 0. The van der Waals surface area contributed by atoms with Gasteiger partial charge in [-0.05, 0) is 41.8 Å². The van der Waals surface area contributed by atoms with Crippen LogP contribution in [0.25, 0.3) is 55.6 Å². The van der Waals surface area contributed by atoms with E-state index in [4.69, 9.17) is 4.42 Å². The number of hydrogen-bond donors (Lipinski definition) is 0. The Morgan fingerprint density at radius 2 is 1.40 bits per heavy atom. The van der Waals surface area contributed by atoms with Gasteiger partial charge < -0.3 is 9.40 Å². The molecule has 0 unspecified atom stereocenters. The molecule has 0 amide bonds. The maximum Gasteiger partial charge on any atom is 0.253 e. The summed E-state index contributed by atoms with van der Waals surface area (Å²) in [5.74, 6) is 0.822. The molecular formula is C42H36IrN3O-. The van der Waals surface area contributed by atoms with E-state index >= 15 is 0 Å². The number of para-hydroxylation sites is 4. The normalized spacial score (nSPS) is 11.2. The molecule has 3 aromatic heterocycles. The second-order valence-electron chi connectivity index (χ2n) is 12.1. The van der Waals surface area contributed by atoms with E-state index < -0.39 is 0 Å². The summed E-state index contributed by atoms with van der Waals surface area (Å²) in [6.07, 6.45) is 3.99. The van der Waals surface area contributed by atoms with Gasteiger partial charge in [0.15, 0.2) is 11.0 Å². The predicted octanol–water partition coefficient (Wildman–Crippen LogP) is 10.4. The van der Waals surface area contributed by atoms with Gasteiger partial charge in [0.1, 0.15) is 11.3 Å². The van der Waals surface area contributed by atoms with Crippen LogP contribution in [0.1, 0.15) is 50.7 Å². The fraction of sp³-hybridized carbons (Fsp3) is 0.143. The molecular weight excluding hydrogens is 755 g/mol. The third-order valence-corrected chi connectivity index (χ3v) is 8.42. The van der Waals surface area contributed by atoms with Gasteiger partial charge in [-0.1, -0.05) is 93.7 Å². The largest absolute Gasteiger partial charge is 0.511 e. The van der Waals surface area contributed by atoms with Crippen LogP contribution in [0.15, 0.2) is 138 Å². The van der Waals surface area contributed by atoms with E-state index in [9.17, 15) is 0 Å². The van der Waals surface area contributed by atoms with E-state index in [-0.39, 0.29) is 20.1 Å². The fourth-order valence-corrected chi connectivity index (χ4v) is 6.19. The van der Waals surface area contributed by atoms with E-state index in [0.717, 1.165) is 44.4 Å². The van der Waals surface area contributed by atoms with Gasteiger partial charge in [-0.25, -0.2) is 4.57 Å². The zero-order valence-corrected chi connectivity index (χ0v) is 29.3. The maximum absolute atomic E-state index is 6.36. The first-order chi connectivity index (χ1) is 22.5. The molecule has 0 aliphatic carbocycles. The van der Waals surface area contributed by atoms with Crippen LogP contribution >= 0.6 is 0 Å². The molecule has 0 aliphatic heterocycles. The number of fused-ring (bicyclic) bond motifs is 4. The molecule has 1 radical (unpaired) electrons. The number of nitrogens with zero attached hydrogens (tertiary/aromatic N) is 3. The number of rotatable bonds is 5. The average molecular weight is 791 g/mol. The number of aromatic nitrogens is 3. The molecule has 0 bridgehead atoms. The van der Waals surface area contributed by atoms with E-state index in [1.54, 1.807) is 6.20 Å². The van der Waals surface area contributed by atoms with Crippen LogP contribution in [-0.4, -0.2) is 9.55 Å². The van der Waals surface area contributed by atoms with Crippen molar-refractivity contribution in [1.29, 1.82) is 0 Å². The molecule has 0 atom stereocenters. The Morgan fingerprint density at radius 1 is 0.681 bits per heavy atom. The first kappa shape index (κ1) is 32.1. The summed E-state index contributed by atoms with van der Waals surface area (Å²) in [5.41, 5.74) is 11.0. The Kier molecular flexibility index (Phi) is 9.49. The van der Waals surface area contributed by atoms with Gasteiger partial charge in [0.05, 0.1) is 11.3 Å². The quantitative estimate of drug-likeness (QED) is 0.129. The van der Waals surface area contributed by atoms with E-state index in [2.05, 4.69) is 121 Å². The van der Waals surface area contributed by atoms with E-state index in [1.165, 1.54) is 22.3 Å². The smallest absolute Gasteiger partial charge is 0.253 e. The van der Waals surface area contributed by atoms with Crippen molar-refractivity contribution in [2.24, 2.45) is 0 Å². The van der Waals surface area contributed by atoms with Crippen LogP contribution in [0.3, 0.4) is 0 Å². The van der Waals surface area contributed by atoms with Gasteiger partial charge >= 0.3 is 0 Å². The zero-order valence-electron chi connectivity index (χ0n) is 26.9. The number of pyridine rings is 1. The first-order valence-electron chi connectivity index (χ1n) is 15.9. The van der Waals surface area contributed by atoms with Gasteiger partial charge in [0, 0.05) is 42.8 Å². The zero-order chi connectivity index (χ0) is 31.6. The van der Waals surface area contributed by atoms with Crippen LogP contribution in [0.2, 0.25) is 0 Å². The second kappa shape index (κ2) is 13.9. The Bertz CT molecular complexity index is 2200. The van der Waals surface area contributed by atoms with Crippen LogP contribution < -0.4 is 4.57 Å². The summed E-state index contributed by atoms with van der Waals surface area (Å²) in [6.45, 7) is 9.08. The first-order valence-corrected chi connectivity index (χ1v) is 15.9. The number of benzene rings is 5. The Morgan fingerprint density at radius 3 is 2.13 bits per heavy atom. The second-order valence-corrected chi connectivity index (χ2v) is 12.1. The third-order valence-electron chi connectivity index (χ3n) is 8.42. The summed E-state index contributed by atoms with van der Waals surface area (Å²) in [5, 5.41) is 2.24. The fourth-order valence-electron chi connectivity index (χ4n) is 6.19. The summed E-state index contributed by atoms with van der Waals surface area (Å²) in [4.78, 5) is 4.22. The molecule has 0 saturated carbocycles. The average Bonchev–Trinajstić information content (AvgIpc) is 3.68. The van der Waals surface area contributed by atoms with Gasteiger partial charge in [0.2, 0.25) is 0 Å². The number of imidazole rings is 1. The van der Waals surface area contributed by atoms with Crippen molar-refractivity contribution in [3.8, 4) is 22.6 Å². The third kappa shape index (κ3) is 6.17. The molecule has 0 spiro atoms. The van der Waals surface area contributed by atoms with Crippen molar-refractivity contribution in [3.63, 3.8) is 0 Å². The molecule has 5 aromatic carbocycles. The van der Waals surface area contributed by atoms with E-state index in [0.29, 0.717) is 11.8 Å². The van der Waals surface area contributed by atoms with Crippen LogP contribution in [0, 0.1) is 12.1 Å². The minimum absolute atomic E-state index is 0. The van der Waals surface area contributed by atoms with Crippen molar-refractivity contribution in [3.05, 3.63) is 157 Å². The molecule has 0 N–H and O–H groups in total. The number of hydrogen-bond acceptors (Lipinski definition) is 2. The molecule has 0 fully saturated rings. The van der Waals surface area contributed by atoms with E-state index in [1.807, 2.05) is 60.7 Å².